The fourth-order valence-electron chi connectivity index (χ4n) is 4.10. The SMILES string of the molecule is CCCCC1NC(C(C)C)N(C(C)C2CCCCC2)C1=O. The molecule has 0 aromatic heterocycles. The summed E-state index contributed by atoms with van der Waals surface area (Å²) in [6, 6.07) is 0.452. The van der Waals surface area contributed by atoms with Crippen molar-refractivity contribution in [2.24, 2.45) is 11.8 Å². The maximum atomic E-state index is 12.9. The van der Waals surface area contributed by atoms with E-state index >= 15 is 0 Å². The lowest BCUT2D eigenvalue weighted by Crippen LogP contribution is -2.49. The molecule has 3 unspecified atom stereocenters. The summed E-state index contributed by atoms with van der Waals surface area (Å²) in [6.45, 7) is 8.94. The fourth-order valence-corrected chi connectivity index (χ4v) is 4.10. The van der Waals surface area contributed by atoms with E-state index in [0.717, 1.165) is 19.3 Å². The molecule has 2 fully saturated rings. The molecule has 1 saturated carbocycles. The molecule has 0 aromatic rings. The van der Waals surface area contributed by atoms with Gasteiger partial charge in [0.1, 0.15) is 0 Å². The Labute approximate surface area is 130 Å². The summed E-state index contributed by atoms with van der Waals surface area (Å²) in [4.78, 5) is 15.1. The molecule has 3 heteroatoms. The van der Waals surface area contributed by atoms with Gasteiger partial charge in [-0.15, -0.1) is 0 Å². The fraction of sp³-hybridized carbons (Fsp3) is 0.944. The van der Waals surface area contributed by atoms with Crippen LogP contribution >= 0.6 is 0 Å². The number of hydrogen-bond donors (Lipinski definition) is 1. The van der Waals surface area contributed by atoms with Gasteiger partial charge in [-0.3, -0.25) is 10.1 Å². The Morgan fingerprint density at radius 1 is 1.19 bits per heavy atom. The van der Waals surface area contributed by atoms with Gasteiger partial charge in [0.15, 0.2) is 0 Å². The summed E-state index contributed by atoms with van der Waals surface area (Å²) < 4.78 is 0. The average Bonchev–Trinajstić information content (AvgIpc) is 2.82. The third-order valence-corrected chi connectivity index (χ3v) is 5.47. The lowest BCUT2D eigenvalue weighted by Gasteiger charge is -2.38. The number of nitrogens with one attached hydrogen (secondary N) is 1. The number of nitrogens with zero attached hydrogens (tertiary/aromatic N) is 1. The molecule has 1 amide bonds. The minimum atomic E-state index is 0.0587. The number of rotatable bonds is 6. The van der Waals surface area contributed by atoms with E-state index in [0.29, 0.717) is 23.8 Å². The predicted molar refractivity (Wildman–Crippen MR) is 88.0 cm³/mol. The van der Waals surface area contributed by atoms with Crippen LogP contribution < -0.4 is 5.32 Å². The highest BCUT2D eigenvalue weighted by Gasteiger charge is 2.43. The van der Waals surface area contributed by atoms with Gasteiger partial charge in [0, 0.05) is 6.04 Å². The number of unbranched alkanes of at least 4 members (excludes halogenated alkanes) is 1. The van der Waals surface area contributed by atoms with Crippen molar-refractivity contribution < 1.29 is 4.79 Å². The predicted octanol–water partition coefficient (Wildman–Crippen LogP) is 3.93. The molecule has 2 rings (SSSR count). The molecule has 3 nitrogen and oxygen atoms in total. The van der Waals surface area contributed by atoms with Crippen molar-refractivity contribution in [1.29, 1.82) is 0 Å². The van der Waals surface area contributed by atoms with E-state index in [2.05, 4.69) is 37.9 Å². The Morgan fingerprint density at radius 3 is 2.43 bits per heavy atom. The van der Waals surface area contributed by atoms with Crippen molar-refractivity contribution in [2.45, 2.75) is 97.3 Å². The van der Waals surface area contributed by atoms with Crippen molar-refractivity contribution in [2.75, 3.05) is 0 Å². The van der Waals surface area contributed by atoms with E-state index in [4.69, 9.17) is 0 Å². The van der Waals surface area contributed by atoms with Gasteiger partial charge in [0.05, 0.1) is 12.2 Å². The van der Waals surface area contributed by atoms with Gasteiger partial charge in [-0.1, -0.05) is 52.9 Å². The minimum absolute atomic E-state index is 0.0587. The largest absolute Gasteiger partial charge is 0.323 e. The molecular weight excluding hydrogens is 260 g/mol. The molecule has 0 aromatic carbocycles. The van der Waals surface area contributed by atoms with Crippen molar-refractivity contribution >= 4 is 5.91 Å². The van der Waals surface area contributed by atoms with E-state index in [1.807, 2.05) is 0 Å². The standard InChI is InChI=1S/C18H34N2O/c1-5-6-12-16-18(21)20(17(19-16)13(2)3)14(4)15-10-8-7-9-11-15/h13-17,19H,5-12H2,1-4H3. The zero-order chi connectivity index (χ0) is 15.4. The monoisotopic (exact) mass is 294 g/mol. The van der Waals surface area contributed by atoms with E-state index in [1.165, 1.54) is 32.1 Å². The Hall–Kier alpha value is -0.570. The second-order valence-corrected chi connectivity index (χ2v) is 7.43. The molecule has 3 atom stereocenters. The Balaban J connectivity index is 2.07. The molecule has 0 radical (unpaired) electrons. The normalized spacial score (nSPS) is 29.4. The van der Waals surface area contributed by atoms with Crippen LogP contribution in [0.2, 0.25) is 0 Å². The third-order valence-electron chi connectivity index (χ3n) is 5.47. The van der Waals surface area contributed by atoms with Gasteiger partial charge in [0.25, 0.3) is 0 Å². The van der Waals surface area contributed by atoms with Crippen LogP contribution in [0.1, 0.15) is 79.1 Å². The first-order valence-electron chi connectivity index (χ1n) is 9.14. The van der Waals surface area contributed by atoms with E-state index in [1.54, 1.807) is 0 Å². The van der Waals surface area contributed by atoms with Crippen molar-refractivity contribution in [1.82, 2.24) is 10.2 Å². The highest BCUT2D eigenvalue weighted by atomic mass is 16.2. The summed E-state index contributed by atoms with van der Waals surface area (Å²) in [7, 11) is 0. The van der Waals surface area contributed by atoms with E-state index < -0.39 is 0 Å². The molecule has 1 heterocycles. The molecule has 1 aliphatic heterocycles. The Kier molecular flexibility index (Phi) is 6.09. The Morgan fingerprint density at radius 2 is 1.86 bits per heavy atom. The van der Waals surface area contributed by atoms with Gasteiger partial charge in [-0.2, -0.15) is 0 Å². The molecular formula is C18H34N2O. The van der Waals surface area contributed by atoms with Crippen molar-refractivity contribution in [3.8, 4) is 0 Å². The summed E-state index contributed by atoms with van der Waals surface area (Å²) in [6.07, 6.45) is 10.2. The van der Waals surface area contributed by atoms with Crippen molar-refractivity contribution in [3.63, 3.8) is 0 Å². The molecule has 1 N–H and O–H groups in total. The maximum absolute atomic E-state index is 12.9. The highest BCUT2D eigenvalue weighted by Crippen LogP contribution is 2.33. The first kappa shape index (κ1) is 16.8. The van der Waals surface area contributed by atoms with Gasteiger partial charge in [-0.05, 0) is 38.0 Å². The third kappa shape index (κ3) is 3.80. The van der Waals surface area contributed by atoms with E-state index in [9.17, 15) is 4.79 Å². The second kappa shape index (κ2) is 7.62. The molecule has 21 heavy (non-hydrogen) atoms. The van der Waals surface area contributed by atoms with Gasteiger partial charge < -0.3 is 4.90 Å². The lowest BCUT2D eigenvalue weighted by atomic mass is 9.83. The first-order chi connectivity index (χ1) is 10.1. The Bertz CT molecular complexity index is 336. The molecule has 0 bridgehead atoms. The van der Waals surface area contributed by atoms with Crippen LogP contribution in [0.25, 0.3) is 0 Å². The quantitative estimate of drug-likeness (QED) is 0.805. The molecule has 2 aliphatic rings. The summed E-state index contributed by atoms with van der Waals surface area (Å²) in [5.74, 6) is 1.54. The molecule has 0 spiro atoms. The van der Waals surface area contributed by atoms with Gasteiger partial charge in [0.2, 0.25) is 5.91 Å². The topological polar surface area (TPSA) is 32.3 Å². The van der Waals surface area contributed by atoms with Gasteiger partial charge >= 0.3 is 0 Å². The van der Waals surface area contributed by atoms with Crippen LogP contribution in [0, 0.1) is 11.8 Å². The number of carbonyl (C=O) groups is 1. The number of amides is 1. The minimum Gasteiger partial charge on any atom is -0.323 e. The number of hydrogen-bond acceptors (Lipinski definition) is 2. The van der Waals surface area contributed by atoms with Crippen LogP contribution in [0.5, 0.6) is 0 Å². The van der Waals surface area contributed by atoms with Crippen LogP contribution in [0.3, 0.4) is 0 Å². The first-order valence-corrected chi connectivity index (χ1v) is 9.14. The van der Waals surface area contributed by atoms with Crippen LogP contribution in [0.15, 0.2) is 0 Å². The number of carbonyl (C=O) groups excluding carboxylic acids is 1. The lowest BCUT2D eigenvalue weighted by molar-refractivity contribution is -0.134. The zero-order valence-electron chi connectivity index (χ0n) is 14.4. The summed E-state index contributed by atoms with van der Waals surface area (Å²) in [5, 5.41) is 3.62. The summed E-state index contributed by atoms with van der Waals surface area (Å²) >= 11 is 0. The smallest absolute Gasteiger partial charge is 0.241 e. The van der Waals surface area contributed by atoms with Crippen LogP contribution in [0.4, 0.5) is 0 Å². The second-order valence-electron chi connectivity index (χ2n) is 7.43. The molecule has 122 valence electrons. The van der Waals surface area contributed by atoms with Crippen LogP contribution in [-0.4, -0.2) is 29.1 Å². The highest BCUT2D eigenvalue weighted by molar-refractivity contribution is 5.84. The van der Waals surface area contributed by atoms with E-state index in [-0.39, 0.29) is 12.2 Å². The average molecular weight is 294 g/mol. The zero-order valence-corrected chi connectivity index (χ0v) is 14.4. The molecule has 1 saturated heterocycles. The summed E-state index contributed by atoms with van der Waals surface area (Å²) in [5.41, 5.74) is 0. The van der Waals surface area contributed by atoms with Gasteiger partial charge in [-0.25, -0.2) is 0 Å². The molecule has 1 aliphatic carbocycles. The maximum Gasteiger partial charge on any atom is 0.241 e. The van der Waals surface area contributed by atoms with Crippen LogP contribution in [-0.2, 0) is 4.79 Å². The van der Waals surface area contributed by atoms with Crippen molar-refractivity contribution in [3.05, 3.63) is 0 Å².